The summed E-state index contributed by atoms with van der Waals surface area (Å²) in [4.78, 5) is 0. The molecular formula is C11H22O. The summed E-state index contributed by atoms with van der Waals surface area (Å²) in [6, 6.07) is 0. The van der Waals surface area contributed by atoms with Crippen LogP contribution < -0.4 is 0 Å². The van der Waals surface area contributed by atoms with Gasteiger partial charge in [-0.25, -0.2) is 0 Å². The van der Waals surface area contributed by atoms with Gasteiger partial charge in [0.2, 0.25) is 0 Å². The summed E-state index contributed by atoms with van der Waals surface area (Å²) in [5, 5.41) is 0. The summed E-state index contributed by atoms with van der Waals surface area (Å²) < 4.78 is 5.31. The Bertz CT molecular complexity index is 129. The third-order valence-corrected chi connectivity index (χ3v) is 3.31. The molecule has 12 heavy (non-hydrogen) atoms. The van der Waals surface area contributed by atoms with Gasteiger partial charge in [-0.15, -0.1) is 0 Å². The molecule has 4 atom stereocenters. The maximum atomic E-state index is 5.31. The highest BCUT2D eigenvalue weighted by molar-refractivity contribution is 4.80. The van der Waals surface area contributed by atoms with Crippen molar-refractivity contribution in [1.29, 1.82) is 0 Å². The zero-order valence-electron chi connectivity index (χ0n) is 8.84. The van der Waals surface area contributed by atoms with Gasteiger partial charge < -0.3 is 4.74 Å². The van der Waals surface area contributed by atoms with Crippen LogP contribution in [0.3, 0.4) is 0 Å². The Kier molecular flexibility index (Phi) is 3.57. The lowest BCUT2D eigenvalue weighted by Crippen LogP contribution is -2.16. The Balaban J connectivity index is 2.21. The highest BCUT2D eigenvalue weighted by Crippen LogP contribution is 2.30. The van der Waals surface area contributed by atoms with E-state index < -0.39 is 0 Å². The molecule has 1 aliphatic rings. The van der Waals surface area contributed by atoms with Crippen molar-refractivity contribution >= 4 is 0 Å². The normalized spacial score (nSPS) is 29.5. The fourth-order valence-electron chi connectivity index (χ4n) is 1.74. The lowest BCUT2D eigenvalue weighted by molar-refractivity contribution is 0.245. The average Bonchev–Trinajstić information content (AvgIpc) is 2.85. The van der Waals surface area contributed by atoms with Crippen LogP contribution in [0.15, 0.2) is 0 Å². The molecule has 1 heteroatoms. The van der Waals surface area contributed by atoms with Crippen LogP contribution in [0.1, 0.15) is 40.5 Å². The van der Waals surface area contributed by atoms with E-state index in [1.54, 1.807) is 0 Å². The zero-order chi connectivity index (χ0) is 9.14. The van der Waals surface area contributed by atoms with Crippen LogP contribution in [-0.2, 0) is 4.74 Å². The molecule has 1 nitrogen and oxygen atoms in total. The number of hydrogen-bond acceptors (Lipinski definition) is 1. The van der Waals surface area contributed by atoms with Crippen molar-refractivity contribution in [2.24, 2.45) is 17.8 Å². The third kappa shape index (κ3) is 2.78. The number of epoxide rings is 1. The van der Waals surface area contributed by atoms with Crippen LogP contribution in [0.5, 0.6) is 0 Å². The van der Waals surface area contributed by atoms with Crippen LogP contribution in [0, 0.1) is 17.8 Å². The first kappa shape index (κ1) is 10.0. The van der Waals surface area contributed by atoms with Gasteiger partial charge in [-0.05, 0) is 24.2 Å². The Morgan fingerprint density at radius 2 is 1.92 bits per heavy atom. The van der Waals surface area contributed by atoms with E-state index in [2.05, 4.69) is 27.7 Å². The van der Waals surface area contributed by atoms with E-state index in [1.165, 1.54) is 12.8 Å². The van der Waals surface area contributed by atoms with E-state index in [0.717, 1.165) is 24.4 Å². The quantitative estimate of drug-likeness (QED) is 0.578. The van der Waals surface area contributed by atoms with Crippen LogP contribution in [0.25, 0.3) is 0 Å². The Labute approximate surface area is 76.5 Å². The predicted molar refractivity (Wildman–Crippen MR) is 52.1 cm³/mol. The Morgan fingerprint density at radius 1 is 1.33 bits per heavy atom. The van der Waals surface area contributed by atoms with Crippen molar-refractivity contribution in [2.75, 3.05) is 6.61 Å². The first-order valence-electron chi connectivity index (χ1n) is 5.26. The molecule has 0 bridgehead atoms. The van der Waals surface area contributed by atoms with Crippen LogP contribution in [0.4, 0.5) is 0 Å². The lowest BCUT2D eigenvalue weighted by Gasteiger charge is -2.20. The molecule has 0 spiro atoms. The van der Waals surface area contributed by atoms with Crippen molar-refractivity contribution in [3.63, 3.8) is 0 Å². The van der Waals surface area contributed by atoms with Gasteiger partial charge in [-0.2, -0.15) is 0 Å². The topological polar surface area (TPSA) is 12.5 Å². The standard InChI is InChI=1S/C11H22O/c1-5-8(2)6-9(3)10(4)11-7-12-11/h8-11H,5-7H2,1-4H3. The molecule has 0 radical (unpaired) electrons. The van der Waals surface area contributed by atoms with Crippen molar-refractivity contribution in [3.05, 3.63) is 0 Å². The molecule has 0 N–H and O–H groups in total. The van der Waals surface area contributed by atoms with Crippen LogP contribution >= 0.6 is 0 Å². The van der Waals surface area contributed by atoms with E-state index in [9.17, 15) is 0 Å². The van der Waals surface area contributed by atoms with Crippen LogP contribution in [-0.4, -0.2) is 12.7 Å². The molecule has 0 amide bonds. The summed E-state index contributed by atoms with van der Waals surface area (Å²) in [7, 11) is 0. The minimum atomic E-state index is 0.587. The van der Waals surface area contributed by atoms with Crippen LogP contribution in [0.2, 0.25) is 0 Å². The molecule has 0 aromatic carbocycles. The molecule has 1 fully saturated rings. The minimum Gasteiger partial charge on any atom is -0.373 e. The molecule has 0 aromatic heterocycles. The van der Waals surface area contributed by atoms with E-state index >= 15 is 0 Å². The number of ether oxygens (including phenoxy) is 1. The average molecular weight is 170 g/mol. The second-order valence-corrected chi connectivity index (χ2v) is 4.46. The largest absolute Gasteiger partial charge is 0.373 e. The minimum absolute atomic E-state index is 0.587. The van der Waals surface area contributed by atoms with Gasteiger partial charge in [0.15, 0.2) is 0 Å². The molecule has 4 unspecified atom stereocenters. The van der Waals surface area contributed by atoms with Gasteiger partial charge >= 0.3 is 0 Å². The second kappa shape index (κ2) is 4.27. The maximum Gasteiger partial charge on any atom is 0.0837 e. The molecule has 72 valence electrons. The summed E-state index contributed by atoms with van der Waals surface area (Å²) in [6.45, 7) is 10.3. The highest BCUT2D eigenvalue weighted by Gasteiger charge is 2.32. The second-order valence-electron chi connectivity index (χ2n) is 4.46. The van der Waals surface area contributed by atoms with Gasteiger partial charge in [-0.1, -0.05) is 34.1 Å². The van der Waals surface area contributed by atoms with Gasteiger partial charge in [0.05, 0.1) is 12.7 Å². The number of rotatable bonds is 5. The lowest BCUT2D eigenvalue weighted by atomic mass is 9.85. The number of hydrogen-bond donors (Lipinski definition) is 0. The molecule has 1 saturated heterocycles. The van der Waals surface area contributed by atoms with Crippen molar-refractivity contribution in [1.82, 2.24) is 0 Å². The molecule has 0 saturated carbocycles. The van der Waals surface area contributed by atoms with E-state index in [1.807, 2.05) is 0 Å². The van der Waals surface area contributed by atoms with E-state index in [0.29, 0.717) is 6.10 Å². The molecule has 1 heterocycles. The van der Waals surface area contributed by atoms with Gasteiger partial charge in [-0.3, -0.25) is 0 Å². The first-order valence-corrected chi connectivity index (χ1v) is 5.26. The third-order valence-electron chi connectivity index (χ3n) is 3.31. The van der Waals surface area contributed by atoms with Crippen molar-refractivity contribution in [2.45, 2.75) is 46.6 Å². The smallest absolute Gasteiger partial charge is 0.0837 e. The van der Waals surface area contributed by atoms with Gasteiger partial charge in [0, 0.05) is 0 Å². The summed E-state index contributed by atoms with van der Waals surface area (Å²) in [6.07, 6.45) is 3.25. The fraction of sp³-hybridized carbons (Fsp3) is 1.00. The fourth-order valence-corrected chi connectivity index (χ4v) is 1.74. The summed E-state index contributed by atoms with van der Waals surface area (Å²) >= 11 is 0. The monoisotopic (exact) mass is 170 g/mol. The SMILES string of the molecule is CCC(C)CC(C)C(C)C1CO1. The summed E-state index contributed by atoms with van der Waals surface area (Å²) in [5.41, 5.74) is 0. The highest BCUT2D eigenvalue weighted by atomic mass is 16.6. The van der Waals surface area contributed by atoms with Crippen molar-refractivity contribution in [3.8, 4) is 0 Å². The Morgan fingerprint density at radius 3 is 2.33 bits per heavy atom. The van der Waals surface area contributed by atoms with E-state index in [-0.39, 0.29) is 0 Å². The molecule has 1 rings (SSSR count). The first-order chi connectivity index (χ1) is 5.65. The Hall–Kier alpha value is -0.0400. The molecule has 1 aliphatic heterocycles. The van der Waals surface area contributed by atoms with Gasteiger partial charge in [0.25, 0.3) is 0 Å². The van der Waals surface area contributed by atoms with Crippen molar-refractivity contribution < 1.29 is 4.74 Å². The maximum absolute atomic E-state index is 5.31. The zero-order valence-corrected chi connectivity index (χ0v) is 8.84. The molecular weight excluding hydrogens is 148 g/mol. The molecule has 0 aromatic rings. The summed E-state index contributed by atoms with van der Waals surface area (Å²) in [5.74, 6) is 2.47. The molecule has 0 aliphatic carbocycles. The van der Waals surface area contributed by atoms with Gasteiger partial charge in [0.1, 0.15) is 0 Å². The van der Waals surface area contributed by atoms with E-state index in [4.69, 9.17) is 4.74 Å². The predicted octanol–water partition coefficient (Wildman–Crippen LogP) is 3.09.